The molecule has 0 aliphatic carbocycles. The second-order valence-corrected chi connectivity index (χ2v) is 5.21. The number of fused-ring (bicyclic) bond motifs is 1. The number of rotatable bonds is 4. The fourth-order valence-electron chi connectivity index (χ4n) is 2.41. The lowest BCUT2D eigenvalue weighted by Gasteiger charge is -2.04. The summed E-state index contributed by atoms with van der Waals surface area (Å²) in [6.07, 6.45) is 7.10. The van der Waals surface area contributed by atoms with E-state index in [4.69, 9.17) is 0 Å². The Morgan fingerprint density at radius 1 is 0.727 bits per heavy atom. The molecule has 22 heavy (non-hydrogen) atoms. The van der Waals surface area contributed by atoms with Crippen molar-refractivity contribution in [3.8, 4) is 0 Å². The van der Waals surface area contributed by atoms with E-state index in [1.165, 1.54) is 10.8 Å². The minimum Gasteiger partial charge on any atom is -0.384 e. The standard InChI is InChI=1S/C21H18O/c22-21(19-10-2-1-3-11-19)13-7-4-8-17-14-15-18-9-5-6-12-20(18)16-17/h1-16,21-22H/b8-4+,13-7+. The summed E-state index contributed by atoms with van der Waals surface area (Å²) in [5, 5.41) is 12.5. The monoisotopic (exact) mass is 286 g/mol. The van der Waals surface area contributed by atoms with E-state index in [-0.39, 0.29) is 0 Å². The molecule has 1 heteroatoms. The summed E-state index contributed by atoms with van der Waals surface area (Å²) in [7, 11) is 0. The van der Waals surface area contributed by atoms with E-state index >= 15 is 0 Å². The second kappa shape index (κ2) is 6.88. The molecule has 0 bridgehead atoms. The Morgan fingerprint density at radius 3 is 2.27 bits per heavy atom. The largest absolute Gasteiger partial charge is 0.384 e. The summed E-state index contributed by atoms with van der Waals surface area (Å²) in [6.45, 7) is 0. The van der Waals surface area contributed by atoms with Crippen LogP contribution in [0.1, 0.15) is 17.2 Å². The van der Waals surface area contributed by atoms with Gasteiger partial charge in [0.2, 0.25) is 0 Å². The fourth-order valence-corrected chi connectivity index (χ4v) is 2.41. The van der Waals surface area contributed by atoms with Crippen molar-refractivity contribution in [1.82, 2.24) is 0 Å². The molecule has 3 aromatic rings. The van der Waals surface area contributed by atoms with Gasteiger partial charge in [0.25, 0.3) is 0 Å². The van der Waals surface area contributed by atoms with Gasteiger partial charge < -0.3 is 5.11 Å². The van der Waals surface area contributed by atoms with Gasteiger partial charge in [0.05, 0.1) is 6.10 Å². The van der Waals surface area contributed by atoms with E-state index in [9.17, 15) is 5.11 Å². The van der Waals surface area contributed by atoms with Crippen LogP contribution in [0.3, 0.4) is 0 Å². The highest BCUT2D eigenvalue weighted by molar-refractivity contribution is 5.84. The van der Waals surface area contributed by atoms with Crippen LogP contribution < -0.4 is 0 Å². The van der Waals surface area contributed by atoms with Gasteiger partial charge in [-0.05, 0) is 28.0 Å². The first-order chi connectivity index (χ1) is 10.8. The maximum atomic E-state index is 10.0. The molecule has 1 N–H and O–H groups in total. The van der Waals surface area contributed by atoms with Gasteiger partial charge in [-0.1, -0.05) is 91.0 Å². The number of aliphatic hydroxyl groups excluding tert-OH is 1. The molecular formula is C21H18O. The maximum absolute atomic E-state index is 10.0. The third kappa shape index (κ3) is 3.51. The summed E-state index contributed by atoms with van der Waals surface area (Å²) < 4.78 is 0. The molecule has 0 aliphatic rings. The average molecular weight is 286 g/mol. The van der Waals surface area contributed by atoms with Crippen LogP contribution in [-0.2, 0) is 0 Å². The summed E-state index contributed by atoms with van der Waals surface area (Å²) in [6, 6.07) is 24.3. The summed E-state index contributed by atoms with van der Waals surface area (Å²) >= 11 is 0. The lowest BCUT2D eigenvalue weighted by atomic mass is 10.1. The van der Waals surface area contributed by atoms with E-state index in [0.717, 1.165) is 11.1 Å². The lowest BCUT2D eigenvalue weighted by molar-refractivity contribution is 0.228. The Hall–Kier alpha value is -2.64. The minimum absolute atomic E-state index is 0.567. The minimum atomic E-state index is -0.567. The van der Waals surface area contributed by atoms with Crippen LogP contribution in [-0.4, -0.2) is 5.11 Å². The van der Waals surface area contributed by atoms with Crippen molar-refractivity contribution in [3.05, 3.63) is 102 Å². The number of hydrogen-bond donors (Lipinski definition) is 1. The molecule has 1 atom stereocenters. The van der Waals surface area contributed by atoms with E-state index in [2.05, 4.69) is 30.3 Å². The summed E-state index contributed by atoms with van der Waals surface area (Å²) in [4.78, 5) is 0. The molecule has 0 saturated heterocycles. The van der Waals surface area contributed by atoms with Gasteiger partial charge in [-0.15, -0.1) is 0 Å². The van der Waals surface area contributed by atoms with Gasteiger partial charge in [0.1, 0.15) is 0 Å². The number of benzene rings is 3. The highest BCUT2D eigenvalue weighted by Crippen LogP contribution is 2.17. The van der Waals surface area contributed by atoms with Crippen LogP contribution in [0.2, 0.25) is 0 Å². The SMILES string of the molecule is OC(/C=C/C=C/c1ccc2ccccc2c1)c1ccccc1. The third-order valence-corrected chi connectivity index (χ3v) is 3.61. The van der Waals surface area contributed by atoms with Crippen molar-refractivity contribution >= 4 is 16.8 Å². The van der Waals surface area contributed by atoms with Crippen LogP contribution in [0, 0.1) is 0 Å². The summed E-state index contributed by atoms with van der Waals surface area (Å²) in [5.74, 6) is 0. The fraction of sp³-hybridized carbons (Fsp3) is 0.0476. The highest BCUT2D eigenvalue weighted by Gasteiger charge is 1.99. The zero-order valence-electron chi connectivity index (χ0n) is 12.3. The predicted octanol–water partition coefficient (Wildman–Crippen LogP) is 5.14. The van der Waals surface area contributed by atoms with Gasteiger partial charge in [-0.25, -0.2) is 0 Å². The van der Waals surface area contributed by atoms with Crippen molar-refractivity contribution < 1.29 is 5.11 Å². The number of hydrogen-bond acceptors (Lipinski definition) is 1. The molecule has 3 aromatic carbocycles. The van der Waals surface area contributed by atoms with Gasteiger partial charge in [0, 0.05) is 0 Å². The van der Waals surface area contributed by atoms with Crippen molar-refractivity contribution in [2.45, 2.75) is 6.10 Å². The molecule has 0 spiro atoms. The molecule has 0 amide bonds. The van der Waals surface area contributed by atoms with E-state index < -0.39 is 6.10 Å². The molecule has 3 rings (SSSR count). The van der Waals surface area contributed by atoms with Crippen LogP contribution in [0.4, 0.5) is 0 Å². The van der Waals surface area contributed by atoms with Crippen molar-refractivity contribution in [1.29, 1.82) is 0 Å². The van der Waals surface area contributed by atoms with Crippen molar-refractivity contribution in [3.63, 3.8) is 0 Å². The quantitative estimate of drug-likeness (QED) is 0.658. The molecule has 1 unspecified atom stereocenters. The molecular weight excluding hydrogens is 268 g/mol. The van der Waals surface area contributed by atoms with Crippen LogP contribution in [0.25, 0.3) is 16.8 Å². The van der Waals surface area contributed by atoms with Gasteiger partial charge in [0.15, 0.2) is 0 Å². The van der Waals surface area contributed by atoms with E-state index in [1.54, 1.807) is 6.08 Å². The summed E-state index contributed by atoms with van der Waals surface area (Å²) in [5.41, 5.74) is 2.05. The zero-order valence-corrected chi connectivity index (χ0v) is 12.3. The first-order valence-electron chi connectivity index (χ1n) is 7.39. The normalized spacial score (nSPS) is 13.1. The second-order valence-electron chi connectivity index (χ2n) is 5.21. The topological polar surface area (TPSA) is 20.2 Å². The van der Waals surface area contributed by atoms with Gasteiger partial charge in [-0.2, -0.15) is 0 Å². The first kappa shape index (κ1) is 14.3. The Labute approximate surface area is 130 Å². The lowest BCUT2D eigenvalue weighted by Crippen LogP contribution is -1.91. The predicted molar refractivity (Wildman–Crippen MR) is 93.5 cm³/mol. The Morgan fingerprint density at radius 2 is 1.45 bits per heavy atom. The molecule has 0 fully saturated rings. The molecule has 0 saturated carbocycles. The van der Waals surface area contributed by atoms with Crippen LogP contribution in [0.5, 0.6) is 0 Å². The van der Waals surface area contributed by atoms with Crippen molar-refractivity contribution in [2.24, 2.45) is 0 Å². The maximum Gasteiger partial charge on any atom is 0.0974 e. The highest BCUT2D eigenvalue weighted by atomic mass is 16.3. The average Bonchev–Trinajstić information content (AvgIpc) is 2.59. The molecule has 1 nitrogen and oxygen atoms in total. The van der Waals surface area contributed by atoms with E-state index in [0.29, 0.717) is 0 Å². The molecule has 0 radical (unpaired) electrons. The van der Waals surface area contributed by atoms with Crippen LogP contribution in [0.15, 0.2) is 91.0 Å². The van der Waals surface area contributed by atoms with Gasteiger partial charge >= 0.3 is 0 Å². The third-order valence-electron chi connectivity index (χ3n) is 3.61. The molecule has 108 valence electrons. The Kier molecular flexibility index (Phi) is 4.47. The zero-order chi connectivity index (χ0) is 15.2. The molecule has 0 aliphatic heterocycles. The van der Waals surface area contributed by atoms with E-state index in [1.807, 2.05) is 60.7 Å². The van der Waals surface area contributed by atoms with Crippen LogP contribution >= 0.6 is 0 Å². The molecule has 0 aromatic heterocycles. The van der Waals surface area contributed by atoms with Gasteiger partial charge in [-0.3, -0.25) is 0 Å². The van der Waals surface area contributed by atoms with Crippen molar-refractivity contribution in [2.75, 3.05) is 0 Å². The number of aliphatic hydroxyl groups is 1. The number of allylic oxidation sites excluding steroid dienone is 2. The molecule has 0 heterocycles. The first-order valence-corrected chi connectivity index (χ1v) is 7.39. The Bertz CT molecular complexity index is 800. The smallest absolute Gasteiger partial charge is 0.0974 e. The Balaban J connectivity index is 1.69.